The van der Waals surface area contributed by atoms with Crippen LogP contribution in [0.5, 0.6) is 0 Å². The normalized spacial score (nSPS) is 16.6. The third kappa shape index (κ3) is 5.00. The summed E-state index contributed by atoms with van der Waals surface area (Å²) in [5, 5.41) is 10.1. The van der Waals surface area contributed by atoms with E-state index in [0.29, 0.717) is 0 Å². The van der Waals surface area contributed by atoms with E-state index < -0.39 is 0 Å². The van der Waals surface area contributed by atoms with E-state index in [0.717, 1.165) is 39.6 Å². The fourth-order valence-corrected chi connectivity index (χ4v) is 8.69. The number of hydrogen-bond donors (Lipinski definition) is 0. The first-order valence-corrected chi connectivity index (χ1v) is 18.6. The summed E-state index contributed by atoms with van der Waals surface area (Å²) in [6.07, 6.45) is 4.05. The van der Waals surface area contributed by atoms with E-state index in [9.17, 15) is 0 Å². The molecule has 0 N–H and O–H groups in total. The summed E-state index contributed by atoms with van der Waals surface area (Å²) in [5.74, 6) is 0. The second-order valence-corrected chi connectivity index (χ2v) is 16.8. The van der Waals surface area contributed by atoms with Crippen LogP contribution in [0, 0.1) is 12.1 Å². The van der Waals surface area contributed by atoms with E-state index in [1.165, 1.54) is 33.6 Å². The number of rotatable bonds is 5. The van der Waals surface area contributed by atoms with Crippen LogP contribution in [0.1, 0.15) is 77.9 Å². The van der Waals surface area contributed by atoms with Crippen molar-refractivity contribution in [2.24, 2.45) is 0 Å². The molecule has 4 heterocycles. The molecule has 7 aromatic rings. The van der Waals surface area contributed by atoms with Gasteiger partial charge in [-0.1, -0.05) is 146 Å². The summed E-state index contributed by atoms with van der Waals surface area (Å²) in [4.78, 5) is 2.27. The van der Waals surface area contributed by atoms with Crippen molar-refractivity contribution in [3.63, 3.8) is 0 Å². The molecule has 5 aromatic carbocycles. The van der Waals surface area contributed by atoms with Gasteiger partial charge in [0, 0.05) is 27.6 Å². The first-order chi connectivity index (χ1) is 25.3. The summed E-state index contributed by atoms with van der Waals surface area (Å²) >= 11 is 0. The number of nitrogens with zero attached hydrogens (tertiary/aromatic N) is 5. The van der Waals surface area contributed by atoms with Gasteiger partial charge in [0.15, 0.2) is 0 Å². The molecule has 2 aromatic heterocycles. The van der Waals surface area contributed by atoms with Crippen molar-refractivity contribution in [1.29, 1.82) is 0 Å². The Bertz CT molecular complexity index is 2350. The molecule has 272 valence electrons. The standard InChI is InChI=1S/C48H45N5.Pt/c1-45(2)39-26-24-35(28-41(39)52-43(47(45,5)6)37(30-49-52)32-18-12-9-13-19-32)51(34-22-16-11-17-23-34)36-25-27-40-42(29-36)53-44(48(7,8)46(40,3)4)38(31-50-53)33-20-14-10-15-21-33;/h9-27,30-31H,1-8H3;/q-2;+2. The van der Waals surface area contributed by atoms with Crippen LogP contribution in [0.3, 0.4) is 0 Å². The van der Waals surface area contributed by atoms with E-state index in [1.807, 2.05) is 12.4 Å². The third-order valence-corrected chi connectivity index (χ3v) is 13.1. The Hall–Kier alpha value is -4.99. The van der Waals surface area contributed by atoms with Crippen LogP contribution in [0.15, 0.2) is 128 Å². The Morgan fingerprint density at radius 1 is 0.463 bits per heavy atom. The predicted molar refractivity (Wildman–Crippen MR) is 216 cm³/mol. The van der Waals surface area contributed by atoms with Gasteiger partial charge in [-0.05, 0) is 45.5 Å². The van der Waals surface area contributed by atoms with Crippen LogP contribution in [0.2, 0.25) is 0 Å². The summed E-state index contributed by atoms with van der Waals surface area (Å²) < 4.78 is 4.27. The molecule has 0 bridgehead atoms. The topological polar surface area (TPSA) is 38.9 Å². The molecule has 0 fully saturated rings. The predicted octanol–water partition coefficient (Wildman–Crippen LogP) is 11.6. The molecule has 0 radical (unpaired) electrons. The molecule has 2 aliphatic rings. The van der Waals surface area contributed by atoms with Gasteiger partial charge in [0.2, 0.25) is 0 Å². The van der Waals surface area contributed by atoms with Crippen molar-refractivity contribution >= 4 is 17.1 Å². The van der Waals surface area contributed by atoms with Gasteiger partial charge in [0.1, 0.15) is 0 Å². The molecule has 6 heteroatoms. The Labute approximate surface area is 334 Å². The Balaban J connectivity index is 0.00000413. The molecule has 0 saturated heterocycles. The van der Waals surface area contributed by atoms with Gasteiger partial charge in [0.05, 0.1) is 23.8 Å². The average Bonchev–Trinajstić information content (AvgIpc) is 3.82. The van der Waals surface area contributed by atoms with Crippen LogP contribution in [0.4, 0.5) is 17.1 Å². The molecule has 0 unspecified atom stereocenters. The van der Waals surface area contributed by atoms with Crippen LogP contribution in [-0.4, -0.2) is 19.6 Å². The summed E-state index contributed by atoms with van der Waals surface area (Å²) in [6, 6.07) is 48.6. The molecule has 5 nitrogen and oxygen atoms in total. The van der Waals surface area contributed by atoms with Crippen molar-refractivity contribution in [3.05, 3.63) is 162 Å². The molecule has 2 aliphatic heterocycles. The number of para-hydroxylation sites is 1. The van der Waals surface area contributed by atoms with E-state index in [-0.39, 0.29) is 42.7 Å². The maximum absolute atomic E-state index is 5.07. The molecular weight excluding hydrogens is 842 g/mol. The fraction of sp³-hybridized carbons (Fsp3) is 0.250. The zero-order chi connectivity index (χ0) is 36.9. The van der Waals surface area contributed by atoms with Crippen molar-refractivity contribution in [1.82, 2.24) is 19.6 Å². The molecule has 0 amide bonds. The Kier molecular flexibility index (Phi) is 8.36. The quantitative estimate of drug-likeness (QED) is 0.162. The van der Waals surface area contributed by atoms with Crippen LogP contribution >= 0.6 is 0 Å². The maximum atomic E-state index is 5.07. The van der Waals surface area contributed by atoms with Gasteiger partial charge in [-0.25, -0.2) is 0 Å². The molecule has 0 atom stereocenters. The van der Waals surface area contributed by atoms with Crippen LogP contribution < -0.4 is 4.90 Å². The van der Waals surface area contributed by atoms with Gasteiger partial charge < -0.3 is 4.90 Å². The van der Waals surface area contributed by atoms with Gasteiger partial charge in [-0.3, -0.25) is 9.36 Å². The number of aromatic nitrogens is 4. The zero-order valence-electron chi connectivity index (χ0n) is 32.2. The summed E-state index contributed by atoms with van der Waals surface area (Å²) in [6.45, 7) is 18.8. The second kappa shape index (κ2) is 12.5. The molecule has 0 aliphatic carbocycles. The molecule has 0 saturated carbocycles. The Morgan fingerprint density at radius 2 is 0.833 bits per heavy atom. The molecular formula is C48H45N5Pt. The molecule has 54 heavy (non-hydrogen) atoms. The van der Waals surface area contributed by atoms with E-state index in [2.05, 4.69) is 197 Å². The summed E-state index contributed by atoms with van der Waals surface area (Å²) in [5.41, 5.74) is 13.5. The van der Waals surface area contributed by atoms with Crippen molar-refractivity contribution < 1.29 is 21.1 Å². The fourth-order valence-electron chi connectivity index (χ4n) is 8.69. The van der Waals surface area contributed by atoms with Crippen LogP contribution in [-0.2, 0) is 42.7 Å². The minimum atomic E-state index is -0.205. The number of hydrogen-bond acceptors (Lipinski definition) is 3. The second-order valence-electron chi connectivity index (χ2n) is 16.8. The number of benzene rings is 5. The smallest absolute Gasteiger partial charge is 0.358 e. The SMILES string of the molecule is CC1(C)c2ccc(N(c3[c-]c4c(cc3)C(C)(C)C(C)(C)c3c(-c5ccccc5)cnn3-4)c3ccccc3)[c-]c2-n2ncc(-c3ccccc3)c2C1(C)C.[Pt+2]. The number of fused-ring (bicyclic) bond motifs is 6. The van der Waals surface area contributed by atoms with Crippen molar-refractivity contribution in [3.8, 4) is 33.6 Å². The van der Waals surface area contributed by atoms with Gasteiger partial charge >= 0.3 is 21.1 Å². The monoisotopic (exact) mass is 886 g/mol. The maximum Gasteiger partial charge on any atom is 2.00 e. The molecule has 0 spiro atoms. The molecule has 9 rings (SSSR count). The van der Waals surface area contributed by atoms with E-state index in [1.54, 1.807) is 0 Å². The average molecular weight is 887 g/mol. The van der Waals surface area contributed by atoms with Crippen LogP contribution in [0.25, 0.3) is 33.6 Å². The van der Waals surface area contributed by atoms with Crippen molar-refractivity contribution in [2.45, 2.75) is 77.0 Å². The van der Waals surface area contributed by atoms with Gasteiger partial charge in [-0.2, -0.15) is 22.3 Å². The zero-order valence-corrected chi connectivity index (χ0v) is 34.4. The third-order valence-electron chi connectivity index (χ3n) is 13.1. The number of anilines is 3. The Morgan fingerprint density at radius 3 is 1.22 bits per heavy atom. The van der Waals surface area contributed by atoms with Gasteiger partial charge in [-0.15, -0.1) is 35.4 Å². The van der Waals surface area contributed by atoms with E-state index in [4.69, 9.17) is 10.2 Å². The van der Waals surface area contributed by atoms with E-state index >= 15 is 0 Å². The first kappa shape index (κ1) is 36.0. The minimum absolute atomic E-state index is 0. The largest absolute Gasteiger partial charge is 2.00 e. The minimum Gasteiger partial charge on any atom is -0.358 e. The first-order valence-electron chi connectivity index (χ1n) is 18.6. The van der Waals surface area contributed by atoms with Gasteiger partial charge in [0.25, 0.3) is 0 Å². The summed E-state index contributed by atoms with van der Waals surface area (Å²) in [7, 11) is 0. The van der Waals surface area contributed by atoms with Crippen molar-refractivity contribution in [2.75, 3.05) is 4.90 Å².